The first kappa shape index (κ1) is 14.4. The van der Waals surface area contributed by atoms with Crippen molar-refractivity contribution >= 4 is 11.8 Å². The molecule has 0 radical (unpaired) electrons. The zero-order chi connectivity index (χ0) is 15.5. The topological polar surface area (TPSA) is 83.2 Å². The summed E-state index contributed by atoms with van der Waals surface area (Å²) in [5, 5.41) is 21.5. The average molecular weight is 310 g/mol. The van der Waals surface area contributed by atoms with E-state index in [1.54, 1.807) is 0 Å². The summed E-state index contributed by atoms with van der Waals surface area (Å²) in [7, 11) is 0. The van der Waals surface area contributed by atoms with Crippen LogP contribution >= 0.6 is 11.8 Å². The highest BCUT2D eigenvalue weighted by Gasteiger charge is 2.17. The minimum atomic E-state index is 0.579. The third-order valence-corrected chi connectivity index (χ3v) is 4.04. The number of hydrogen-bond acceptors (Lipinski definition) is 5. The van der Waals surface area contributed by atoms with Crippen molar-refractivity contribution in [2.45, 2.75) is 24.8 Å². The molecule has 1 N–H and O–H groups in total. The maximum atomic E-state index is 9.41. The molecule has 0 spiro atoms. The lowest BCUT2D eigenvalue weighted by atomic mass is 10.2. The van der Waals surface area contributed by atoms with E-state index in [0.717, 1.165) is 22.9 Å². The highest BCUT2D eigenvalue weighted by molar-refractivity contribution is 7.98. The van der Waals surface area contributed by atoms with Crippen molar-refractivity contribution in [2.75, 3.05) is 0 Å². The van der Waals surface area contributed by atoms with Gasteiger partial charge < -0.3 is 0 Å². The normalized spacial score (nSPS) is 10.6. The molecule has 6 nitrogen and oxygen atoms in total. The zero-order valence-electron chi connectivity index (χ0n) is 12.2. The molecule has 3 aromatic rings. The fourth-order valence-electron chi connectivity index (χ4n) is 2.16. The standard InChI is InChI=1S/C15H14N6S/c1-10-13(8-16)14(9-22-15-17-11(2)18-19-15)21(20-10)12-6-4-3-5-7-12/h3-7H,9H2,1-2H3,(H,17,18,19). The molecule has 3 rings (SSSR count). The maximum Gasteiger partial charge on any atom is 0.208 e. The van der Waals surface area contributed by atoms with Gasteiger partial charge in [-0.25, -0.2) is 9.67 Å². The monoisotopic (exact) mass is 310 g/mol. The second-order valence-electron chi connectivity index (χ2n) is 4.76. The Morgan fingerprint density at radius 1 is 1.27 bits per heavy atom. The Morgan fingerprint density at radius 2 is 2.05 bits per heavy atom. The van der Waals surface area contributed by atoms with Gasteiger partial charge in [-0.1, -0.05) is 30.0 Å². The molecule has 0 fully saturated rings. The molecule has 0 aliphatic rings. The molecule has 0 unspecified atom stereocenters. The molecule has 0 bridgehead atoms. The highest BCUT2D eigenvalue weighted by atomic mass is 32.2. The lowest BCUT2D eigenvalue weighted by Gasteiger charge is -2.06. The summed E-state index contributed by atoms with van der Waals surface area (Å²) in [5.74, 6) is 1.35. The van der Waals surface area contributed by atoms with Gasteiger partial charge in [-0.2, -0.15) is 10.4 Å². The van der Waals surface area contributed by atoms with Gasteiger partial charge in [0, 0.05) is 5.75 Å². The van der Waals surface area contributed by atoms with Crippen LogP contribution in [0.5, 0.6) is 0 Å². The minimum absolute atomic E-state index is 0.579. The third-order valence-electron chi connectivity index (χ3n) is 3.18. The van der Waals surface area contributed by atoms with E-state index in [4.69, 9.17) is 0 Å². The molecule has 0 amide bonds. The molecule has 2 aromatic heterocycles. The van der Waals surface area contributed by atoms with E-state index < -0.39 is 0 Å². The van der Waals surface area contributed by atoms with Crippen molar-refractivity contribution in [1.29, 1.82) is 5.26 Å². The fourth-order valence-corrected chi connectivity index (χ4v) is 3.00. The van der Waals surface area contributed by atoms with Gasteiger partial charge in [0.15, 0.2) is 0 Å². The van der Waals surface area contributed by atoms with Crippen molar-refractivity contribution in [3.8, 4) is 11.8 Å². The number of para-hydroxylation sites is 1. The van der Waals surface area contributed by atoms with Gasteiger partial charge >= 0.3 is 0 Å². The van der Waals surface area contributed by atoms with Crippen LogP contribution in [0, 0.1) is 25.2 Å². The van der Waals surface area contributed by atoms with Crippen LogP contribution in [-0.4, -0.2) is 25.0 Å². The number of rotatable bonds is 4. The van der Waals surface area contributed by atoms with Crippen LogP contribution in [0.4, 0.5) is 0 Å². The Bertz CT molecular complexity index is 828. The number of aromatic amines is 1. The van der Waals surface area contributed by atoms with E-state index in [2.05, 4.69) is 26.3 Å². The molecular weight excluding hydrogens is 296 g/mol. The summed E-state index contributed by atoms with van der Waals surface area (Å²) in [6.07, 6.45) is 0. The molecule has 0 aliphatic carbocycles. The smallest absolute Gasteiger partial charge is 0.208 e. The number of nitrogens with one attached hydrogen (secondary N) is 1. The van der Waals surface area contributed by atoms with E-state index in [9.17, 15) is 5.26 Å². The van der Waals surface area contributed by atoms with Crippen LogP contribution < -0.4 is 0 Å². The van der Waals surface area contributed by atoms with Gasteiger partial charge in [-0.3, -0.25) is 5.10 Å². The van der Waals surface area contributed by atoms with Gasteiger partial charge in [-0.15, -0.1) is 5.10 Å². The highest BCUT2D eigenvalue weighted by Crippen LogP contribution is 2.25. The van der Waals surface area contributed by atoms with Crippen molar-refractivity contribution in [1.82, 2.24) is 25.0 Å². The number of hydrogen-bond donors (Lipinski definition) is 1. The third kappa shape index (κ3) is 2.73. The molecule has 0 atom stereocenters. The van der Waals surface area contributed by atoms with Crippen LogP contribution in [0.2, 0.25) is 0 Å². The molecular formula is C15H14N6S. The summed E-state index contributed by atoms with van der Waals surface area (Å²) >= 11 is 1.48. The summed E-state index contributed by atoms with van der Waals surface area (Å²) < 4.78 is 1.82. The molecule has 1 aromatic carbocycles. The lowest BCUT2D eigenvalue weighted by molar-refractivity contribution is 0.827. The molecule has 22 heavy (non-hydrogen) atoms. The number of aromatic nitrogens is 5. The van der Waals surface area contributed by atoms with Crippen molar-refractivity contribution in [3.05, 3.63) is 53.1 Å². The number of nitriles is 1. The summed E-state index contributed by atoms with van der Waals surface area (Å²) in [6.45, 7) is 3.71. The average Bonchev–Trinajstić information content (AvgIpc) is 3.09. The van der Waals surface area contributed by atoms with Crippen LogP contribution in [0.25, 0.3) is 5.69 Å². The van der Waals surface area contributed by atoms with Gasteiger partial charge in [0.25, 0.3) is 0 Å². The van der Waals surface area contributed by atoms with Crippen LogP contribution in [0.3, 0.4) is 0 Å². The molecule has 0 saturated carbocycles. The quantitative estimate of drug-likeness (QED) is 0.749. The maximum absolute atomic E-state index is 9.41. The van der Waals surface area contributed by atoms with E-state index in [1.807, 2.05) is 48.9 Å². The van der Waals surface area contributed by atoms with E-state index in [-0.39, 0.29) is 0 Å². The Morgan fingerprint density at radius 3 is 2.68 bits per heavy atom. The molecule has 2 heterocycles. The van der Waals surface area contributed by atoms with Gasteiger partial charge in [0.05, 0.1) is 22.6 Å². The first-order valence-corrected chi connectivity index (χ1v) is 7.73. The zero-order valence-corrected chi connectivity index (χ0v) is 13.1. The lowest BCUT2D eigenvalue weighted by Crippen LogP contribution is -2.02. The minimum Gasteiger partial charge on any atom is -0.262 e. The Kier molecular flexibility index (Phi) is 3.94. The molecule has 0 saturated heterocycles. The van der Waals surface area contributed by atoms with Gasteiger partial charge in [0.2, 0.25) is 5.16 Å². The first-order valence-electron chi connectivity index (χ1n) is 6.75. The fraction of sp³-hybridized carbons (Fsp3) is 0.200. The van der Waals surface area contributed by atoms with E-state index in [1.165, 1.54) is 11.8 Å². The number of benzene rings is 1. The largest absolute Gasteiger partial charge is 0.262 e. The van der Waals surface area contributed by atoms with Crippen LogP contribution in [0.15, 0.2) is 35.5 Å². The summed E-state index contributed by atoms with van der Waals surface area (Å²) in [6, 6.07) is 12.1. The van der Waals surface area contributed by atoms with Gasteiger partial charge in [-0.05, 0) is 26.0 Å². The van der Waals surface area contributed by atoms with Crippen molar-refractivity contribution in [3.63, 3.8) is 0 Å². The predicted octanol–water partition coefficient (Wildman–Crippen LogP) is 2.77. The molecule has 110 valence electrons. The SMILES string of the molecule is Cc1nc(SCc2c(C#N)c(C)nn2-c2ccccc2)n[nH]1. The van der Waals surface area contributed by atoms with Crippen LogP contribution in [-0.2, 0) is 5.75 Å². The Labute approximate surface area is 132 Å². The summed E-state index contributed by atoms with van der Waals surface area (Å²) in [4.78, 5) is 4.27. The van der Waals surface area contributed by atoms with Crippen molar-refractivity contribution in [2.24, 2.45) is 0 Å². The van der Waals surface area contributed by atoms with Crippen molar-refractivity contribution < 1.29 is 0 Å². The van der Waals surface area contributed by atoms with Crippen LogP contribution in [0.1, 0.15) is 22.8 Å². The Balaban J connectivity index is 1.96. The summed E-state index contributed by atoms with van der Waals surface area (Å²) in [5.41, 5.74) is 3.14. The van der Waals surface area contributed by atoms with E-state index >= 15 is 0 Å². The first-order chi connectivity index (χ1) is 10.7. The second-order valence-corrected chi connectivity index (χ2v) is 5.70. The van der Waals surface area contributed by atoms with E-state index in [0.29, 0.717) is 16.5 Å². The second kappa shape index (κ2) is 6.03. The van der Waals surface area contributed by atoms with Gasteiger partial charge in [0.1, 0.15) is 11.9 Å². The number of nitrogens with zero attached hydrogens (tertiary/aromatic N) is 5. The Hall–Kier alpha value is -2.59. The number of thioether (sulfide) groups is 1. The number of H-pyrrole nitrogens is 1. The molecule has 7 heteroatoms. The molecule has 0 aliphatic heterocycles. The predicted molar refractivity (Wildman–Crippen MR) is 83.7 cm³/mol. The number of aryl methyl sites for hydroxylation is 2.